The summed E-state index contributed by atoms with van der Waals surface area (Å²) in [6.07, 6.45) is 0.364. The summed E-state index contributed by atoms with van der Waals surface area (Å²) >= 11 is 6.28. The molecule has 17 nitrogen and oxygen atoms in total. The Balaban J connectivity index is 1.31. The van der Waals surface area contributed by atoms with Gasteiger partial charge in [-0.15, -0.1) is 10.2 Å². The first-order valence-electron chi connectivity index (χ1n) is 12.5. The van der Waals surface area contributed by atoms with Gasteiger partial charge in [0.1, 0.15) is 35.9 Å². The number of ether oxygens (including phenoxy) is 3. The molecule has 5 atom stereocenters. The number of hydrogen-bond acceptors (Lipinski definition) is 13. The fraction of sp³-hybridized carbons (Fsp3) is 0.667. The molecule has 5 rings (SSSR count). The lowest BCUT2D eigenvalue weighted by Gasteiger charge is -2.33. The van der Waals surface area contributed by atoms with Crippen LogP contribution >= 0.6 is 19.2 Å². The molecule has 3 aromatic heterocycles. The van der Waals surface area contributed by atoms with E-state index < -0.39 is 57.3 Å². The fourth-order valence-electron chi connectivity index (χ4n) is 4.83. The normalized spacial score (nSPS) is 25.6. The van der Waals surface area contributed by atoms with Crippen LogP contribution in [0.5, 0.6) is 0 Å². The molecule has 7 N–H and O–H groups in total. The van der Waals surface area contributed by atoms with Crippen molar-refractivity contribution in [2.45, 2.75) is 68.2 Å². The predicted octanol–water partition coefficient (Wildman–Crippen LogP) is -0.329. The zero-order valence-electron chi connectivity index (χ0n) is 21.1. The van der Waals surface area contributed by atoms with Crippen LogP contribution in [0.4, 0.5) is 5.82 Å². The summed E-state index contributed by atoms with van der Waals surface area (Å²) in [6.45, 7) is -2.75. The molecule has 1 aliphatic heterocycles. The number of rotatable bonds is 12. The minimum Gasteiger partial charge on any atom is -0.393 e. The van der Waals surface area contributed by atoms with E-state index in [1.54, 1.807) is 12.3 Å². The van der Waals surface area contributed by atoms with Gasteiger partial charge in [0.2, 0.25) is 5.34 Å². The number of nitrogens with zero attached hydrogens (tertiary/aromatic N) is 6. The molecule has 220 valence electrons. The Kier molecular flexibility index (Phi) is 8.68. The summed E-state index contributed by atoms with van der Waals surface area (Å²) < 4.78 is 30.2. The van der Waals surface area contributed by atoms with Gasteiger partial charge in [0.05, 0.1) is 36.9 Å². The Morgan fingerprint density at radius 3 is 2.73 bits per heavy atom. The molecule has 3 aromatic rings. The highest BCUT2D eigenvalue weighted by atomic mass is 35.5. The fourth-order valence-corrected chi connectivity index (χ4v) is 5.71. The number of tetrazole rings is 1. The first kappa shape index (κ1) is 29.2. The minimum absolute atomic E-state index is 0.112. The molecule has 0 amide bonds. The van der Waals surface area contributed by atoms with Gasteiger partial charge in [-0.1, -0.05) is 29.7 Å². The largest absolute Gasteiger partial charge is 0.393 e. The SMILES string of the molecule is O=P(O)(O)C(CO)(COCc1nn[nH]n1)OC[C@H]1O[C@@H](n2ncc3c(NC4CCCC4)nc(Cl)cc32)[C@H](O)[C@@H]1O. The van der Waals surface area contributed by atoms with Crippen molar-refractivity contribution in [3.05, 3.63) is 23.2 Å². The third kappa shape index (κ3) is 5.85. The first-order chi connectivity index (χ1) is 19.1. The van der Waals surface area contributed by atoms with Crippen LogP contribution in [0.3, 0.4) is 0 Å². The maximum absolute atomic E-state index is 12.3. The van der Waals surface area contributed by atoms with E-state index in [0.29, 0.717) is 16.7 Å². The van der Waals surface area contributed by atoms with Gasteiger partial charge in [-0.25, -0.2) is 9.67 Å². The second kappa shape index (κ2) is 11.9. The van der Waals surface area contributed by atoms with Crippen molar-refractivity contribution in [1.82, 2.24) is 35.4 Å². The smallest absolute Gasteiger partial charge is 0.361 e. The number of aliphatic hydroxyl groups is 3. The molecule has 1 aliphatic carbocycles. The van der Waals surface area contributed by atoms with Crippen molar-refractivity contribution in [2.75, 3.05) is 25.1 Å². The van der Waals surface area contributed by atoms with E-state index in [1.165, 1.54) is 4.68 Å². The molecule has 0 spiro atoms. The number of fused-ring (bicyclic) bond motifs is 1. The molecular weight excluding hydrogens is 575 g/mol. The van der Waals surface area contributed by atoms with E-state index in [0.717, 1.165) is 25.7 Å². The lowest BCUT2D eigenvalue weighted by atomic mass is 10.1. The number of aliphatic hydroxyl groups excluding tert-OH is 3. The minimum atomic E-state index is -5.13. The van der Waals surface area contributed by atoms with E-state index in [2.05, 4.69) is 36.0 Å². The van der Waals surface area contributed by atoms with Gasteiger partial charge in [-0.05, 0) is 12.8 Å². The summed E-state index contributed by atoms with van der Waals surface area (Å²) in [5.41, 5.74) is 0.494. The molecule has 1 saturated carbocycles. The Bertz CT molecular complexity index is 1340. The highest BCUT2D eigenvalue weighted by Crippen LogP contribution is 2.51. The Morgan fingerprint density at radius 1 is 1.27 bits per heavy atom. The lowest BCUT2D eigenvalue weighted by Crippen LogP contribution is -2.45. The lowest BCUT2D eigenvalue weighted by molar-refractivity contribution is -0.131. The Labute approximate surface area is 231 Å². The molecule has 0 radical (unpaired) electrons. The summed E-state index contributed by atoms with van der Waals surface area (Å²) in [6, 6.07) is 1.81. The average molecular weight is 605 g/mol. The van der Waals surface area contributed by atoms with Crippen LogP contribution in [-0.2, 0) is 25.4 Å². The van der Waals surface area contributed by atoms with Crippen LogP contribution in [-0.4, -0.2) is 110 Å². The van der Waals surface area contributed by atoms with Gasteiger partial charge in [0.15, 0.2) is 12.1 Å². The van der Waals surface area contributed by atoms with Crippen molar-refractivity contribution in [3.63, 3.8) is 0 Å². The molecule has 40 heavy (non-hydrogen) atoms. The van der Waals surface area contributed by atoms with Gasteiger partial charge < -0.3 is 44.6 Å². The van der Waals surface area contributed by atoms with Crippen LogP contribution in [0.2, 0.25) is 5.15 Å². The van der Waals surface area contributed by atoms with Gasteiger partial charge in [0.25, 0.3) is 0 Å². The molecule has 1 saturated heterocycles. The number of pyridine rings is 1. The molecular formula is C21H30ClN8O9P. The van der Waals surface area contributed by atoms with Gasteiger partial charge in [-0.2, -0.15) is 10.3 Å². The molecule has 2 fully saturated rings. The van der Waals surface area contributed by atoms with Crippen molar-refractivity contribution in [1.29, 1.82) is 0 Å². The number of aromatic amines is 1. The van der Waals surface area contributed by atoms with E-state index >= 15 is 0 Å². The van der Waals surface area contributed by atoms with Crippen molar-refractivity contribution >= 4 is 35.9 Å². The summed E-state index contributed by atoms with van der Waals surface area (Å²) in [5, 5.41) is 50.4. The number of nitrogens with one attached hydrogen (secondary N) is 2. The van der Waals surface area contributed by atoms with E-state index in [9.17, 15) is 29.7 Å². The van der Waals surface area contributed by atoms with Gasteiger partial charge in [0, 0.05) is 12.1 Å². The van der Waals surface area contributed by atoms with E-state index in [4.69, 9.17) is 25.8 Å². The number of halogens is 1. The number of anilines is 1. The highest BCUT2D eigenvalue weighted by molar-refractivity contribution is 7.53. The summed E-state index contributed by atoms with van der Waals surface area (Å²) in [4.78, 5) is 24.3. The standard InChI is InChI=1S/C21H30ClN8O9P/c22-15-5-13-12(19(25-15)24-11-3-1-2-4-11)6-23-30(13)20-18(33)17(32)14(39-20)7-38-21(9-31,40(34,35)36)10-37-8-16-26-28-29-27-16/h5-6,11,14,17-18,20,31-33H,1-4,7-10H2,(H,24,25)(H2,34,35,36)(H,26,27,28,29)/t14-,17-,18-,20-,21?/m1/s1. The summed E-state index contributed by atoms with van der Waals surface area (Å²) in [5.74, 6) is 0.658. The number of H-pyrrole nitrogens is 1. The van der Waals surface area contributed by atoms with Crippen LogP contribution in [0.1, 0.15) is 37.7 Å². The molecule has 19 heteroatoms. The summed E-state index contributed by atoms with van der Waals surface area (Å²) in [7, 11) is -5.13. The van der Waals surface area contributed by atoms with E-state index in [-0.39, 0.29) is 23.6 Å². The molecule has 4 heterocycles. The number of hydrogen-bond donors (Lipinski definition) is 7. The van der Waals surface area contributed by atoms with Crippen LogP contribution < -0.4 is 5.32 Å². The molecule has 1 unspecified atom stereocenters. The van der Waals surface area contributed by atoms with Crippen LogP contribution in [0, 0.1) is 0 Å². The van der Waals surface area contributed by atoms with Gasteiger partial charge in [-0.3, -0.25) is 4.57 Å². The first-order valence-corrected chi connectivity index (χ1v) is 14.5. The topological polar surface area (TPSA) is 243 Å². The average Bonchev–Trinajstić information content (AvgIpc) is 3.71. The number of aromatic nitrogens is 7. The van der Waals surface area contributed by atoms with Crippen molar-refractivity contribution < 1.29 is 43.9 Å². The quantitative estimate of drug-likeness (QED) is 0.103. The predicted molar refractivity (Wildman–Crippen MR) is 136 cm³/mol. The van der Waals surface area contributed by atoms with Crippen molar-refractivity contribution in [2.24, 2.45) is 0 Å². The molecule has 0 bridgehead atoms. The third-order valence-corrected chi connectivity index (χ3v) is 8.73. The Morgan fingerprint density at radius 2 is 2.05 bits per heavy atom. The highest BCUT2D eigenvalue weighted by Gasteiger charge is 2.51. The van der Waals surface area contributed by atoms with Crippen molar-refractivity contribution in [3.8, 4) is 0 Å². The van der Waals surface area contributed by atoms with Crippen LogP contribution in [0.15, 0.2) is 12.3 Å². The second-order valence-electron chi connectivity index (χ2n) is 9.77. The van der Waals surface area contributed by atoms with Gasteiger partial charge >= 0.3 is 7.60 Å². The third-order valence-electron chi connectivity index (χ3n) is 7.08. The molecule has 2 aliphatic rings. The second-order valence-corrected chi connectivity index (χ2v) is 12.1. The van der Waals surface area contributed by atoms with E-state index in [1.807, 2.05) is 0 Å². The Hall–Kier alpha value is -2.31. The zero-order chi connectivity index (χ0) is 28.5. The molecule has 0 aromatic carbocycles. The maximum Gasteiger partial charge on any atom is 0.361 e. The monoisotopic (exact) mass is 604 g/mol. The zero-order valence-corrected chi connectivity index (χ0v) is 22.7. The maximum atomic E-state index is 12.3. The van der Waals surface area contributed by atoms with Crippen LogP contribution in [0.25, 0.3) is 10.9 Å².